The second kappa shape index (κ2) is 7.59. The van der Waals surface area contributed by atoms with Gasteiger partial charge in [0.25, 0.3) is 11.6 Å². The molecule has 3 rings (SSSR count). The molecule has 0 atom stereocenters. The Hall–Kier alpha value is -3.19. The van der Waals surface area contributed by atoms with Crippen molar-refractivity contribution in [2.24, 2.45) is 0 Å². The molecule has 1 aromatic heterocycles. The van der Waals surface area contributed by atoms with Gasteiger partial charge in [0.2, 0.25) is 0 Å². The van der Waals surface area contributed by atoms with Crippen LogP contribution in [0.25, 0.3) is 0 Å². The summed E-state index contributed by atoms with van der Waals surface area (Å²) in [5, 5.41) is 18.7. The second-order valence-corrected chi connectivity index (χ2v) is 6.53. The van der Waals surface area contributed by atoms with Crippen molar-refractivity contribution in [3.05, 3.63) is 86.2 Å². The number of amides is 1. The van der Waals surface area contributed by atoms with Crippen molar-refractivity contribution in [1.82, 2.24) is 9.78 Å². The summed E-state index contributed by atoms with van der Waals surface area (Å²) in [6, 6.07) is 13.0. The number of carbonyl (C=O) groups excluding carboxylic acids is 1. The van der Waals surface area contributed by atoms with Gasteiger partial charge in [-0.25, -0.2) is 0 Å². The van der Waals surface area contributed by atoms with Crippen LogP contribution in [0.1, 0.15) is 27.3 Å². The van der Waals surface area contributed by atoms with Crippen LogP contribution in [-0.2, 0) is 6.54 Å². The van der Waals surface area contributed by atoms with E-state index >= 15 is 0 Å². The third kappa shape index (κ3) is 4.15. The number of carbonyl (C=O) groups is 1. The Bertz CT molecular complexity index is 1010. The number of hydrogen-bond acceptors (Lipinski definition) is 4. The minimum Gasteiger partial charge on any atom is -0.319 e. The molecule has 0 spiro atoms. The molecule has 0 aliphatic carbocycles. The molecule has 0 aliphatic rings. The second-order valence-electron chi connectivity index (χ2n) is 6.09. The highest BCUT2D eigenvalue weighted by Gasteiger charge is 2.16. The molecule has 1 amide bonds. The Balaban J connectivity index is 1.80. The highest BCUT2D eigenvalue weighted by atomic mass is 35.5. The summed E-state index contributed by atoms with van der Waals surface area (Å²) < 4.78 is 1.80. The molecule has 7 nitrogen and oxygen atoms in total. The number of non-ortho nitro benzene ring substituents is 1. The van der Waals surface area contributed by atoms with Crippen LogP contribution in [-0.4, -0.2) is 20.6 Å². The van der Waals surface area contributed by atoms with Gasteiger partial charge in [0.15, 0.2) is 0 Å². The maximum atomic E-state index is 12.5. The highest BCUT2D eigenvalue weighted by molar-refractivity contribution is 6.30. The molecule has 0 saturated carbocycles. The van der Waals surface area contributed by atoms with E-state index < -0.39 is 4.92 Å². The van der Waals surface area contributed by atoms with Gasteiger partial charge in [-0.15, -0.1) is 0 Å². The topological polar surface area (TPSA) is 90.1 Å². The summed E-state index contributed by atoms with van der Waals surface area (Å²) in [5.74, 6) is -0.349. The van der Waals surface area contributed by atoms with E-state index in [0.717, 1.165) is 11.3 Å². The molecule has 3 aromatic rings. The van der Waals surface area contributed by atoms with E-state index in [0.29, 0.717) is 28.5 Å². The van der Waals surface area contributed by atoms with Crippen LogP contribution < -0.4 is 5.32 Å². The zero-order valence-corrected chi connectivity index (χ0v) is 15.5. The van der Waals surface area contributed by atoms with Crippen LogP contribution in [0.5, 0.6) is 0 Å². The van der Waals surface area contributed by atoms with E-state index in [1.807, 2.05) is 38.1 Å². The number of nitro benzene ring substituents is 1. The minimum absolute atomic E-state index is 0.0618. The van der Waals surface area contributed by atoms with Crippen LogP contribution >= 0.6 is 11.6 Å². The first-order valence-corrected chi connectivity index (χ1v) is 8.57. The average Bonchev–Trinajstić information content (AvgIpc) is 2.89. The summed E-state index contributed by atoms with van der Waals surface area (Å²) in [5.41, 5.74) is 3.39. The maximum Gasteiger partial charge on any atom is 0.269 e. The van der Waals surface area contributed by atoms with Gasteiger partial charge in [-0.1, -0.05) is 23.7 Å². The van der Waals surface area contributed by atoms with Crippen molar-refractivity contribution in [3.8, 4) is 0 Å². The Morgan fingerprint density at radius 1 is 1.22 bits per heavy atom. The number of nitrogens with zero attached hydrogens (tertiary/aromatic N) is 3. The van der Waals surface area contributed by atoms with Crippen molar-refractivity contribution in [2.45, 2.75) is 20.4 Å². The van der Waals surface area contributed by atoms with Gasteiger partial charge in [-0.3, -0.25) is 19.6 Å². The number of nitrogens with one attached hydrogen (secondary N) is 1. The van der Waals surface area contributed by atoms with E-state index in [9.17, 15) is 14.9 Å². The Labute approximate surface area is 160 Å². The fraction of sp³-hybridized carbons (Fsp3) is 0.158. The molecule has 0 fully saturated rings. The fourth-order valence-corrected chi connectivity index (χ4v) is 2.97. The van der Waals surface area contributed by atoms with E-state index in [4.69, 9.17) is 11.6 Å². The van der Waals surface area contributed by atoms with Crippen LogP contribution in [0.2, 0.25) is 5.02 Å². The third-order valence-electron chi connectivity index (χ3n) is 4.18. The van der Waals surface area contributed by atoms with Gasteiger partial charge in [0.1, 0.15) is 0 Å². The molecule has 1 N–H and O–H groups in total. The third-order valence-corrected chi connectivity index (χ3v) is 4.42. The van der Waals surface area contributed by atoms with Gasteiger partial charge >= 0.3 is 0 Å². The van der Waals surface area contributed by atoms with E-state index in [-0.39, 0.29) is 11.6 Å². The first-order chi connectivity index (χ1) is 12.8. The van der Waals surface area contributed by atoms with E-state index in [2.05, 4.69) is 10.4 Å². The summed E-state index contributed by atoms with van der Waals surface area (Å²) >= 11 is 6.03. The Morgan fingerprint density at radius 2 is 1.93 bits per heavy atom. The lowest BCUT2D eigenvalue weighted by Crippen LogP contribution is -2.13. The lowest BCUT2D eigenvalue weighted by molar-refractivity contribution is -0.384. The highest BCUT2D eigenvalue weighted by Crippen LogP contribution is 2.22. The quantitative estimate of drug-likeness (QED) is 0.522. The molecule has 0 unspecified atom stereocenters. The minimum atomic E-state index is -0.504. The number of rotatable bonds is 5. The molecular formula is C19H17ClN4O3. The number of anilines is 1. The zero-order valence-electron chi connectivity index (χ0n) is 14.8. The number of nitro groups is 1. The fourth-order valence-electron chi connectivity index (χ4n) is 2.76. The molecule has 0 saturated heterocycles. The number of aromatic nitrogens is 2. The molecule has 138 valence electrons. The van der Waals surface area contributed by atoms with E-state index in [1.165, 1.54) is 24.3 Å². The van der Waals surface area contributed by atoms with Gasteiger partial charge in [-0.05, 0) is 43.7 Å². The Kier molecular flexibility index (Phi) is 5.23. The molecular weight excluding hydrogens is 368 g/mol. The largest absolute Gasteiger partial charge is 0.319 e. The lowest BCUT2D eigenvalue weighted by atomic mass is 10.2. The standard InChI is InChI=1S/C19H17ClN4O3/c1-12-18(21-19(25)15-6-8-17(9-7-15)24(26)27)13(2)23(22-12)11-14-4-3-5-16(20)10-14/h3-10H,11H2,1-2H3,(H,21,25). The summed E-state index contributed by atoms with van der Waals surface area (Å²) in [7, 11) is 0. The summed E-state index contributed by atoms with van der Waals surface area (Å²) in [6.45, 7) is 4.21. The van der Waals surface area contributed by atoms with Crippen molar-refractivity contribution in [1.29, 1.82) is 0 Å². The number of halogens is 1. The van der Waals surface area contributed by atoms with Crippen molar-refractivity contribution in [2.75, 3.05) is 5.32 Å². The van der Waals surface area contributed by atoms with Crippen molar-refractivity contribution in [3.63, 3.8) is 0 Å². The number of benzene rings is 2. The van der Waals surface area contributed by atoms with Gasteiger partial charge in [-0.2, -0.15) is 5.10 Å². The van der Waals surface area contributed by atoms with Gasteiger partial charge in [0, 0.05) is 22.7 Å². The van der Waals surface area contributed by atoms with Gasteiger partial charge in [0.05, 0.1) is 28.5 Å². The van der Waals surface area contributed by atoms with Crippen molar-refractivity contribution < 1.29 is 9.72 Å². The number of hydrogen-bond donors (Lipinski definition) is 1. The zero-order chi connectivity index (χ0) is 19.6. The SMILES string of the molecule is Cc1nn(Cc2cccc(Cl)c2)c(C)c1NC(=O)c1ccc([N+](=O)[O-])cc1. The van der Waals surface area contributed by atoms with Gasteiger partial charge < -0.3 is 5.32 Å². The van der Waals surface area contributed by atoms with E-state index in [1.54, 1.807) is 4.68 Å². The monoisotopic (exact) mass is 384 g/mol. The molecule has 1 heterocycles. The first-order valence-electron chi connectivity index (χ1n) is 8.19. The van der Waals surface area contributed by atoms with Crippen LogP contribution in [0.15, 0.2) is 48.5 Å². The lowest BCUT2D eigenvalue weighted by Gasteiger charge is -2.08. The Morgan fingerprint density at radius 3 is 2.56 bits per heavy atom. The van der Waals surface area contributed by atoms with Crippen LogP contribution in [0.4, 0.5) is 11.4 Å². The molecule has 0 bridgehead atoms. The van der Waals surface area contributed by atoms with Crippen LogP contribution in [0, 0.1) is 24.0 Å². The molecule has 27 heavy (non-hydrogen) atoms. The van der Waals surface area contributed by atoms with Crippen LogP contribution in [0.3, 0.4) is 0 Å². The average molecular weight is 385 g/mol. The molecule has 8 heteroatoms. The molecule has 0 radical (unpaired) electrons. The van der Waals surface area contributed by atoms with Crippen molar-refractivity contribution >= 4 is 28.9 Å². The number of aryl methyl sites for hydroxylation is 1. The predicted molar refractivity (Wildman–Crippen MR) is 103 cm³/mol. The smallest absolute Gasteiger partial charge is 0.269 e. The molecule has 2 aromatic carbocycles. The maximum absolute atomic E-state index is 12.5. The first kappa shape index (κ1) is 18.6. The summed E-state index contributed by atoms with van der Waals surface area (Å²) in [6.07, 6.45) is 0. The summed E-state index contributed by atoms with van der Waals surface area (Å²) in [4.78, 5) is 22.7. The molecule has 0 aliphatic heterocycles. The predicted octanol–water partition coefficient (Wildman–Crippen LogP) is 4.36. The normalized spacial score (nSPS) is 10.6.